The lowest BCUT2D eigenvalue weighted by Crippen LogP contribution is -2.49. The maximum Gasteiger partial charge on any atom is 0.135 e. The van der Waals surface area contributed by atoms with E-state index in [2.05, 4.69) is 28.6 Å². The van der Waals surface area contributed by atoms with Crippen LogP contribution in [0.2, 0.25) is 0 Å². The second kappa shape index (κ2) is 5.63. The molecule has 0 unspecified atom stereocenters. The normalized spacial score (nSPS) is 17.8. The lowest BCUT2D eigenvalue weighted by molar-refractivity contribution is 0.180. The topological polar surface area (TPSA) is 63.4 Å². The van der Waals surface area contributed by atoms with E-state index in [9.17, 15) is 5.11 Å². The van der Waals surface area contributed by atoms with Gasteiger partial charge in [0.2, 0.25) is 0 Å². The van der Waals surface area contributed by atoms with Gasteiger partial charge in [0.05, 0.1) is 25.2 Å². The molecule has 126 valence electrons. The van der Waals surface area contributed by atoms with Crippen molar-refractivity contribution in [3.8, 4) is 0 Å². The van der Waals surface area contributed by atoms with Crippen molar-refractivity contribution >= 4 is 11.6 Å². The molecule has 1 saturated heterocycles. The molecular weight excluding hydrogens is 304 g/mol. The van der Waals surface area contributed by atoms with Gasteiger partial charge in [-0.2, -0.15) is 0 Å². The van der Waals surface area contributed by atoms with Gasteiger partial charge in [-0.1, -0.05) is 12.6 Å². The average molecular weight is 326 g/mol. The van der Waals surface area contributed by atoms with E-state index >= 15 is 0 Å². The molecule has 4 rings (SSSR count). The first-order chi connectivity index (χ1) is 11.6. The van der Waals surface area contributed by atoms with Crippen LogP contribution in [0.5, 0.6) is 0 Å². The molecule has 1 aliphatic carbocycles. The molecular formula is C18H22N4O2. The van der Waals surface area contributed by atoms with E-state index in [1.165, 1.54) is 12.8 Å². The number of hydrogen-bond acceptors (Lipinski definition) is 5. The second-order valence-electron chi connectivity index (χ2n) is 6.94. The van der Waals surface area contributed by atoms with Crippen LogP contribution >= 0.6 is 0 Å². The zero-order valence-corrected chi connectivity index (χ0v) is 13.9. The molecule has 3 heterocycles. The minimum Gasteiger partial charge on any atom is -0.506 e. The molecule has 0 amide bonds. The fourth-order valence-corrected chi connectivity index (χ4v) is 3.31. The van der Waals surface area contributed by atoms with Gasteiger partial charge in [-0.15, -0.1) is 0 Å². The molecule has 2 fully saturated rings. The minimum atomic E-state index is -0.0221. The summed E-state index contributed by atoms with van der Waals surface area (Å²) in [6, 6.07) is 4.20. The van der Waals surface area contributed by atoms with Crippen LogP contribution < -0.4 is 4.90 Å². The fraction of sp³-hybridized carbons (Fsp3) is 0.444. The highest BCUT2D eigenvalue weighted by Gasteiger charge is 2.52. The van der Waals surface area contributed by atoms with Crippen molar-refractivity contribution in [1.82, 2.24) is 14.5 Å². The molecule has 1 saturated carbocycles. The van der Waals surface area contributed by atoms with Gasteiger partial charge in [0.1, 0.15) is 17.3 Å². The SMILES string of the molecule is C=C(O)c1cn(Cc2ccc(N3CC4(CC4)C3)nc2COC)cn1. The standard InChI is InChI=1S/C18H22N4O2/c1-13(23)15-8-21(12-19-15)7-14-3-4-17(20-16(14)9-24-2)22-10-18(11-22)5-6-18/h3-4,8,12,23H,1,5-7,9-11H2,2H3. The first kappa shape index (κ1) is 15.2. The molecule has 2 aliphatic rings. The van der Waals surface area contributed by atoms with E-state index in [0.29, 0.717) is 24.3 Å². The zero-order chi connectivity index (χ0) is 16.7. The fourth-order valence-electron chi connectivity index (χ4n) is 3.31. The van der Waals surface area contributed by atoms with E-state index in [-0.39, 0.29) is 5.76 Å². The Hall–Kier alpha value is -2.34. The minimum absolute atomic E-state index is 0.0221. The second-order valence-corrected chi connectivity index (χ2v) is 6.94. The Morgan fingerprint density at radius 2 is 2.17 bits per heavy atom. The zero-order valence-electron chi connectivity index (χ0n) is 13.9. The van der Waals surface area contributed by atoms with Crippen molar-refractivity contribution in [3.05, 3.63) is 48.2 Å². The lowest BCUT2D eigenvalue weighted by Gasteiger charge is -2.41. The predicted molar refractivity (Wildman–Crippen MR) is 91.8 cm³/mol. The molecule has 1 aliphatic heterocycles. The molecule has 0 atom stereocenters. The highest BCUT2D eigenvalue weighted by Crippen LogP contribution is 2.53. The van der Waals surface area contributed by atoms with Gasteiger partial charge in [0.25, 0.3) is 0 Å². The van der Waals surface area contributed by atoms with Crippen LogP contribution in [-0.2, 0) is 17.9 Å². The van der Waals surface area contributed by atoms with Gasteiger partial charge in [-0.05, 0) is 24.5 Å². The first-order valence-electron chi connectivity index (χ1n) is 8.21. The van der Waals surface area contributed by atoms with Crippen LogP contribution in [0.15, 0.2) is 31.2 Å². The van der Waals surface area contributed by atoms with E-state index in [1.54, 1.807) is 19.6 Å². The maximum atomic E-state index is 9.41. The molecule has 6 heteroatoms. The number of methoxy groups -OCH3 is 1. The number of nitrogens with zero attached hydrogens (tertiary/aromatic N) is 4. The van der Waals surface area contributed by atoms with Crippen molar-refractivity contribution in [2.24, 2.45) is 5.41 Å². The summed E-state index contributed by atoms with van der Waals surface area (Å²) in [7, 11) is 1.69. The summed E-state index contributed by atoms with van der Waals surface area (Å²) in [6.07, 6.45) is 6.20. The van der Waals surface area contributed by atoms with Crippen LogP contribution in [-0.4, -0.2) is 39.8 Å². The Morgan fingerprint density at radius 3 is 2.79 bits per heavy atom. The summed E-state index contributed by atoms with van der Waals surface area (Å²) in [5, 5.41) is 9.41. The van der Waals surface area contributed by atoms with Crippen molar-refractivity contribution < 1.29 is 9.84 Å². The highest BCUT2D eigenvalue weighted by molar-refractivity contribution is 5.50. The van der Waals surface area contributed by atoms with Gasteiger partial charge in [-0.3, -0.25) is 0 Å². The Balaban J connectivity index is 1.53. The highest BCUT2D eigenvalue weighted by atomic mass is 16.5. The molecule has 1 spiro atoms. The van der Waals surface area contributed by atoms with Gasteiger partial charge < -0.3 is 19.3 Å². The molecule has 1 N–H and O–H groups in total. The largest absolute Gasteiger partial charge is 0.506 e. The maximum absolute atomic E-state index is 9.41. The van der Waals surface area contributed by atoms with E-state index in [0.717, 1.165) is 30.2 Å². The summed E-state index contributed by atoms with van der Waals surface area (Å²) < 4.78 is 7.24. The monoisotopic (exact) mass is 326 g/mol. The van der Waals surface area contributed by atoms with Gasteiger partial charge >= 0.3 is 0 Å². The molecule has 2 aromatic rings. The molecule has 0 bridgehead atoms. The molecule has 0 aromatic carbocycles. The summed E-state index contributed by atoms with van der Waals surface area (Å²) in [5.74, 6) is 1.02. The van der Waals surface area contributed by atoms with Gasteiger partial charge in [0, 0.05) is 31.8 Å². The van der Waals surface area contributed by atoms with Crippen molar-refractivity contribution in [3.63, 3.8) is 0 Å². The number of pyridine rings is 1. The van der Waals surface area contributed by atoms with E-state index in [1.807, 2.05) is 4.57 Å². The number of aromatic nitrogens is 3. The number of anilines is 1. The van der Waals surface area contributed by atoms with Crippen molar-refractivity contribution in [1.29, 1.82) is 0 Å². The Morgan fingerprint density at radius 1 is 1.38 bits per heavy atom. The first-order valence-corrected chi connectivity index (χ1v) is 8.21. The number of aliphatic hydroxyl groups is 1. The number of imidazole rings is 1. The quantitative estimate of drug-likeness (QED) is 0.827. The summed E-state index contributed by atoms with van der Waals surface area (Å²) in [5.41, 5.74) is 3.14. The summed E-state index contributed by atoms with van der Waals surface area (Å²) >= 11 is 0. The Kier molecular flexibility index (Phi) is 3.57. The van der Waals surface area contributed by atoms with Gasteiger partial charge in [0.15, 0.2) is 0 Å². The number of rotatable bonds is 6. The number of aliphatic hydroxyl groups excluding tert-OH is 1. The van der Waals surface area contributed by atoms with Crippen LogP contribution in [0.1, 0.15) is 29.8 Å². The molecule has 24 heavy (non-hydrogen) atoms. The van der Waals surface area contributed by atoms with E-state index < -0.39 is 0 Å². The summed E-state index contributed by atoms with van der Waals surface area (Å²) in [4.78, 5) is 11.3. The van der Waals surface area contributed by atoms with Crippen LogP contribution in [0.25, 0.3) is 5.76 Å². The number of hydrogen-bond donors (Lipinski definition) is 1. The Labute approximate surface area is 141 Å². The molecule has 6 nitrogen and oxygen atoms in total. The average Bonchev–Trinajstić information content (AvgIpc) is 3.19. The smallest absolute Gasteiger partial charge is 0.135 e. The van der Waals surface area contributed by atoms with Crippen molar-refractivity contribution in [2.45, 2.75) is 26.0 Å². The predicted octanol–water partition coefficient (Wildman–Crippen LogP) is 2.60. The summed E-state index contributed by atoms with van der Waals surface area (Å²) in [6.45, 7) is 6.88. The Bertz CT molecular complexity index is 771. The van der Waals surface area contributed by atoms with Crippen LogP contribution in [0.4, 0.5) is 5.82 Å². The molecule has 2 aromatic heterocycles. The van der Waals surface area contributed by atoms with Gasteiger partial charge in [-0.25, -0.2) is 9.97 Å². The lowest BCUT2D eigenvalue weighted by atomic mass is 9.97. The van der Waals surface area contributed by atoms with Crippen molar-refractivity contribution in [2.75, 3.05) is 25.1 Å². The third kappa shape index (κ3) is 2.78. The van der Waals surface area contributed by atoms with Crippen LogP contribution in [0.3, 0.4) is 0 Å². The third-order valence-corrected chi connectivity index (χ3v) is 4.95. The number of ether oxygens (including phenoxy) is 1. The van der Waals surface area contributed by atoms with E-state index in [4.69, 9.17) is 9.72 Å². The third-order valence-electron chi connectivity index (χ3n) is 4.95. The van der Waals surface area contributed by atoms with Crippen LogP contribution in [0, 0.1) is 5.41 Å². The molecule has 0 radical (unpaired) electrons.